The lowest BCUT2D eigenvalue weighted by Crippen LogP contribution is -2.17. The molecule has 0 aliphatic carbocycles. The van der Waals surface area contributed by atoms with E-state index < -0.39 is 31.9 Å². The number of carbonyl (C=O) groups is 2. The van der Waals surface area contributed by atoms with Gasteiger partial charge >= 0.3 is 0 Å². The minimum atomic E-state index is -3.98. The molecule has 0 saturated heterocycles. The van der Waals surface area contributed by atoms with E-state index in [0.717, 1.165) is 22.3 Å². The predicted molar refractivity (Wildman–Crippen MR) is 193 cm³/mol. The fraction of sp³-hybridized carbons (Fsp3) is 0.135. The van der Waals surface area contributed by atoms with Crippen molar-refractivity contribution in [3.05, 3.63) is 142 Å². The monoisotopic (exact) mass is 696 g/mol. The molecule has 0 fully saturated rings. The van der Waals surface area contributed by atoms with Gasteiger partial charge in [0, 0.05) is 22.5 Å². The van der Waals surface area contributed by atoms with Gasteiger partial charge in [0.05, 0.1) is 21.2 Å². The summed E-state index contributed by atoms with van der Waals surface area (Å²) < 4.78 is 57.7. The molecular formula is C37H36N4O6S2. The summed E-state index contributed by atoms with van der Waals surface area (Å²) in [6.07, 6.45) is 0. The van der Waals surface area contributed by atoms with Crippen LogP contribution in [0.4, 0.5) is 22.7 Å². The second kappa shape index (κ2) is 14.0. The Labute approximate surface area is 286 Å². The summed E-state index contributed by atoms with van der Waals surface area (Å²) in [5.74, 6) is -1.11. The Kier molecular flexibility index (Phi) is 9.93. The van der Waals surface area contributed by atoms with Crippen LogP contribution in [0.2, 0.25) is 0 Å². The van der Waals surface area contributed by atoms with Gasteiger partial charge in [0.25, 0.3) is 31.9 Å². The first kappa shape index (κ1) is 34.9. The molecule has 0 atom stereocenters. The fourth-order valence-corrected chi connectivity index (χ4v) is 7.46. The first-order valence-corrected chi connectivity index (χ1v) is 18.2. The molecule has 0 saturated carbocycles. The molecule has 0 spiro atoms. The summed E-state index contributed by atoms with van der Waals surface area (Å²) in [4.78, 5) is 26.3. The largest absolute Gasteiger partial charge is 0.322 e. The fourth-order valence-electron chi connectivity index (χ4n) is 5.10. The number of rotatable bonds is 10. The number of sulfonamides is 2. The molecule has 252 valence electrons. The number of hydrogen-bond acceptors (Lipinski definition) is 6. The van der Waals surface area contributed by atoms with E-state index in [1.807, 2.05) is 26.0 Å². The summed E-state index contributed by atoms with van der Waals surface area (Å²) in [7, 11) is -7.96. The van der Waals surface area contributed by atoms with Crippen LogP contribution in [0.1, 0.15) is 48.5 Å². The second-order valence-corrected chi connectivity index (χ2v) is 15.2. The summed E-state index contributed by atoms with van der Waals surface area (Å²) in [5, 5.41) is 5.54. The van der Waals surface area contributed by atoms with Gasteiger partial charge in [0.15, 0.2) is 0 Å². The van der Waals surface area contributed by atoms with Crippen molar-refractivity contribution in [1.82, 2.24) is 0 Å². The SMILES string of the molecule is Cc1ccc(NS(=O)(=O)c2cccc(C(=O)Nc3ccc(C)c(NC(=O)c4cccc(S(=O)(=O)Nc5ccc(C)cc5C)c4)c3)c2)c(C)c1. The average Bonchev–Trinajstić information content (AvgIpc) is 3.05. The zero-order valence-electron chi connectivity index (χ0n) is 27.6. The third-order valence-corrected chi connectivity index (χ3v) is 10.5. The molecule has 10 nitrogen and oxygen atoms in total. The van der Waals surface area contributed by atoms with Crippen LogP contribution in [-0.2, 0) is 20.0 Å². The third-order valence-electron chi connectivity index (χ3n) is 7.81. The van der Waals surface area contributed by atoms with E-state index in [9.17, 15) is 26.4 Å². The lowest BCUT2D eigenvalue weighted by atomic mass is 10.1. The van der Waals surface area contributed by atoms with Crippen LogP contribution in [0, 0.1) is 34.6 Å². The van der Waals surface area contributed by atoms with Crippen molar-refractivity contribution in [2.75, 3.05) is 20.1 Å². The molecule has 12 heteroatoms. The van der Waals surface area contributed by atoms with Crippen molar-refractivity contribution in [2.45, 2.75) is 44.4 Å². The Morgan fingerprint density at radius 2 is 0.939 bits per heavy atom. The smallest absolute Gasteiger partial charge is 0.261 e. The highest BCUT2D eigenvalue weighted by atomic mass is 32.2. The van der Waals surface area contributed by atoms with Gasteiger partial charge in [0.1, 0.15) is 0 Å². The number of anilines is 4. The van der Waals surface area contributed by atoms with Crippen LogP contribution in [0.3, 0.4) is 0 Å². The molecule has 0 unspecified atom stereocenters. The number of carbonyl (C=O) groups excluding carboxylic acids is 2. The highest BCUT2D eigenvalue weighted by Crippen LogP contribution is 2.25. The molecule has 5 rings (SSSR count). The number of nitrogens with one attached hydrogen (secondary N) is 4. The number of amides is 2. The number of hydrogen-bond donors (Lipinski definition) is 4. The van der Waals surface area contributed by atoms with Crippen molar-refractivity contribution < 1.29 is 26.4 Å². The maximum Gasteiger partial charge on any atom is 0.261 e. The van der Waals surface area contributed by atoms with Crippen LogP contribution in [0.25, 0.3) is 0 Å². The van der Waals surface area contributed by atoms with E-state index in [0.29, 0.717) is 28.3 Å². The van der Waals surface area contributed by atoms with E-state index in [1.54, 1.807) is 63.2 Å². The number of benzene rings is 5. The van der Waals surface area contributed by atoms with Crippen LogP contribution in [0.5, 0.6) is 0 Å². The molecule has 2 amide bonds. The van der Waals surface area contributed by atoms with E-state index in [1.165, 1.54) is 48.5 Å². The van der Waals surface area contributed by atoms with Crippen molar-refractivity contribution >= 4 is 54.6 Å². The second-order valence-electron chi connectivity index (χ2n) is 11.8. The first-order valence-electron chi connectivity index (χ1n) is 15.2. The average molecular weight is 697 g/mol. The van der Waals surface area contributed by atoms with E-state index in [4.69, 9.17) is 0 Å². The van der Waals surface area contributed by atoms with Gasteiger partial charge in [-0.05, 0) is 112 Å². The van der Waals surface area contributed by atoms with Gasteiger partial charge in [-0.3, -0.25) is 19.0 Å². The summed E-state index contributed by atoms with van der Waals surface area (Å²) in [6.45, 7) is 9.21. The summed E-state index contributed by atoms with van der Waals surface area (Å²) >= 11 is 0. The standard InChI is InChI=1S/C37H36N4O6S2/c1-23-12-16-33(26(4)18-23)40-48(44,45)31-10-6-8-28(20-31)36(42)38-30-15-14-25(3)35(22-30)39-37(43)29-9-7-11-32(21-29)49(46,47)41-34-17-13-24(2)19-27(34)5/h6-22,40-41H,1-5H3,(H,38,42)(H,39,43). The quantitative estimate of drug-likeness (QED) is 0.120. The zero-order chi connectivity index (χ0) is 35.5. The third kappa shape index (κ3) is 8.34. The van der Waals surface area contributed by atoms with Crippen LogP contribution in [-0.4, -0.2) is 28.6 Å². The molecule has 0 radical (unpaired) electrons. The van der Waals surface area contributed by atoms with Crippen molar-refractivity contribution in [3.8, 4) is 0 Å². The molecule has 0 aromatic heterocycles. The van der Waals surface area contributed by atoms with Crippen molar-refractivity contribution in [1.29, 1.82) is 0 Å². The molecule has 49 heavy (non-hydrogen) atoms. The molecule has 0 heterocycles. The molecule has 0 bridgehead atoms. The Morgan fingerprint density at radius 3 is 1.41 bits per heavy atom. The summed E-state index contributed by atoms with van der Waals surface area (Å²) in [5.41, 5.74) is 6.07. The van der Waals surface area contributed by atoms with Gasteiger partial charge in [-0.15, -0.1) is 0 Å². The van der Waals surface area contributed by atoms with E-state index in [2.05, 4.69) is 20.1 Å². The summed E-state index contributed by atoms with van der Waals surface area (Å²) in [6, 6.07) is 27.0. The lowest BCUT2D eigenvalue weighted by molar-refractivity contribution is 0.101. The molecule has 4 N–H and O–H groups in total. The molecule has 0 aliphatic heterocycles. The Bertz CT molecular complexity index is 2320. The highest BCUT2D eigenvalue weighted by molar-refractivity contribution is 7.93. The lowest BCUT2D eigenvalue weighted by Gasteiger charge is -2.14. The maximum absolute atomic E-state index is 13.3. The highest BCUT2D eigenvalue weighted by Gasteiger charge is 2.20. The molecule has 5 aromatic carbocycles. The molecular weight excluding hydrogens is 661 g/mol. The van der Waals surface area contributed by atoms with E-state index in [-0.39, 0.29) is 20.9 Å². The van der Waals surface area contributed by atoms with Crippen molar-refractivity contribution in [2.24, 2.45) is 0 Å². The van der Waals surface area contributed by atoms with Gasteiger partial charge < -0.3 is 10.6 Å². The van der Waals surface area contributed by atoms with Crippen LogP contribution >= 0.6 is 0 Å². The minimum Gasteiger partial charge on any atom is -0.322 e. The van der Waals surface area contributed by atoms with Gasteiger partial charge in [-0.2, -0.15) is 0 Å². The topological polar surface area (TPSA) is 151 Å². The molecule has 5 aromatic rings. The van der Waals surface area contributed by atoms with Gasteiger partial charge in [-0.25, -0.2) is 16.8 Å². The van der Waals surface area contributed by atoms with Crippen LogP contribution in [0.15, 0.2) is 113 Å². The first-order chi connectivity index (χ1) is 23.1. The minimum absolute atomic E-state index is 0.0775. The molecule has 0 aliphatic rings. The van der Waals surface area contributed by atoms with E-state index >= 15 is 0 Å². The Balaban J connectivity index is 1.30. The normalized spacial score (nSPS) is 11.4. The Morgan fingerprint density at radius 1 is 0.469 bits per heavy atom. The Hall–Kier alpha value is -5.46. The van der Waals surface area contributed by atoms with Crippen molar-refractivity contribution in [3.63, 3.8) is 0 Å². The van der Waals surface area contributed by atoms with Gasteiger partial charge in [0.2, 0.25) is 0 Å². The van der Waals surface area contributed by atoms with Crippen LogP contribution < -0.4 is 20.1 Å². The zero-order valence-corrected chi connectivity index (χ0v) is 29.2. The maximum atomic E-state index is 13.3. The van der Waals surface area contributed by atoms with Gasteiger partial charge in [-0.1, -0.05) is 53.6 Å². The predicted octanol–water partition coefficient (Wildman–Crippen LogP) is 7.33. The number of aryl methyl sites for hydroxylation is 5.